The predicted molar refractivity (Wildman–Crippen MR) is 93.7 cm³/mol. The van der Waals surface area contributed by atoms with Gasteiger partial charge in [0.25, 0.3) is 5.91 Å². The lowest BCUT2D eigenvalue weighted by Crippen LogP contribution is -2.44. The average Bonchev–Trinajstić information content (AvgIpc) is 3.32. The average molecular weight is 357 g/mol. The number of aromatic nitrogens is 3. The van der Waals surface area contributed by atoms with E-state index in [1.165, 1.54) is 12.7 Å². The summed E-state index contributed by atoms with van der Waals surface area (Å²) in [4.78, 5) is 29.4. The number of carbonyl (C=O) groups excluding carboxylic acids is 1. The molecule has 2 aliphatic rings. The van der Waals surface area contributed by atoms with E-state index in [0.717, 1.165) is 44.8 Å². The summed E-state index contributed by atoms with van der Waals surface area (Å²) in [6.45, 7) is 3.02. The molecule has 1 atom stereocenters. The zero-order valence-corrected chi connectivity index (χ0v) is 14.9. The van der Waals surface area contributed by atoms with Crippen LogP contribution >= 0.6 is 0 Å². The number of amides is 1. The van der Waals surface area contributed by atoms with Crippen LogP contribution in [0.4, 0.5) is 5.95 Å². The van der Waals surface area contributed by atoms with Crippen LogP contribution in [-0.2, 0) is 4.74 Å². The number of carbonyl (C=O) groups is 1. The van der Waals surface area contributed by atoms with Gasteiger partial charge in [0.1, 0.15) is 6.26 Å². The van der Waals surface area contributed by atoms with E-state index in [1.807, 2.05) is 11.0 Å². The van der Waals surface area contributed by atoms with Crippen LogP contribution in [0.3, 0.4) is 0 Å². The van der Waals surface area contributed by atoms with Gasteiger partial charge in [-0.1, -0.05) is 0 Å². The molecule has 2 fully saturated rings. The molecule has 8 nitrogen and oxygen atoms in total. The fourth-order valence-corrected chi connectivity index (χ4v) is 4.21. The Labute approximate surface area is 152 Å². The first-order chi connectivity index (χ1) is 12.7. The number of hydrogen-bond acceptors (Lipinski definition) is 7. The standard InChI is InChI=1S/C18H23N5O3/c1-25-10-14-9-18(12-23(14)17-19-5-2-6-20-17)3-7-22(8-4-18)16(24)15-11-26-13-21-15/h2,5-6,11,13-14H,3-4,7-10,12H2,1H3/t14-/m0/s1. The zero-order valence-electron chi connectivity index (χ0n) is 14.9. The van der Waals surface area contributed by atoms with Crippen LogP contribution in [0.25, 0.3) is 0 Å². The summed E-state index contributed by atoms with van der Waals surface area (Å²) in [7, 11) is 1.73. The second-order valence-corrected chi connectivity index (χ2v) is 7.16. The summed E-state index contributed by atoms with van der Waals surface area (Å²) < 4.78 is 10.4. The number of hydrogen-bond donors (Lipinski definition) is 0. The van der Waals surface area contributed by atoms with Crippen LogP contribution in [0, 0.1) is 5.41 Å². The van der Waals surface area contributed by atoms with Crippen molar-refractivity contribution < 1.29 is 13.9 Å². The Bertz CT molecular complexity index is 729. The van der Waals surface area contributed by atoms with Crippen LogP contribution in [0.1, 0.15) is 29.8 Å². The molecule has 0 saturated carbocycles. The summed E-state index contributed by atoms with van der Waals surface area (Å²) >= 11 is 0. The maximum atomic E-state index is 12.5. The highest BCUT2D eigenvalue weighted by molar-refractivity contribution is 5.91. The van der Waals surface area contributed by atoms with Crippen molar-refractivity contribution in [2.24, 2.45) is 5.41 Å². The molecule has 1 amide bonds. The second-order valence-electron chi connectivity index (χ2n) is 7.16. The zero-order chi connectivity index (χ0) is 18.0. The van der Waals surface area contributed by atoms with Crippen LogP contribution in [0.15, 0.2) is 35.5 Å². The van der Waals surface area contributed by atoms with Gasteiger partial charge >= 0.3 is 0 Å². The molecule has 8 heteroatoms. The monoisotopic (exact) mass is 357 g/mol. The first-order valence-electron chi connectivity index (χ1n) is 8.91. The first-order valence-corrected chi connectivity index (χ1v) is 8.91. The molecule has 0 unspecified atom stereocenters. The molecule has 0 N–H and O–H groups in total. The van der Waals surface area contributed by atoms with Crippen molar-refractivity contribution in [3.05, 3.63) is 36.8 Å². The minimum atomic E-state index is -0.0525. The molecule has 4 heterocycles. The normalized spacial score (nSPS) is 22.1. The SMILES string of the molecule is COC[C@@H]1CC2(CCN(C(=O)c3cocn3)CC2)CN1c1ncccn1. The minimum absolute atomic E-state index is 0.0525. The van der Waals surface area contributed by atoms with Crippen LogP contribution in [-0.4, -0.2) is 65.2 Å². The van der Waals surface area contributed by atoms with Gasteiger partial charge in [0, 0.05) is 39.1 Å². The van der Waals surface area contributed by atoms with Crippen molar-refractivity contribution in [1.29, 1.82) is 0 Å². The van der Waals surface area contributed by atoms with Gasteiger partial charge in [-0.15, -0.1) is 0 Å². The van der Waals surface area contributed by atoms with Crippen LogP contribution in [0.2, 0.25) is 0 Å². The van der Waals surface area contributed by atoms with Gasteiger partial charge in [-0.3, -0.25) is 4.79 Å². The van der Waals surface area contributed by atoms with Gasteiger partial charge in [0.15, 0.2) is 12.1 Å². The van der Waals surface area contributed by atoms with Crippen molar-refractivity contribution in [2.75, 3.05) is 38.3 Å². The lowest BCUT2D eigenvalue weighted by molar-refractivity contribution is 0.0593. The highest BCUT2D eigenvalue weighted by Crippen LogP contribution is 2.44. The molecule has 0 aromatic carbocycles. The fraction of sp³-hybridized carbons (Fsp3) is 0.556. The molecule has 4 rings (SSSR count). The molecular formula is C18H23N5O3. The number of methoxy groups -OCH3 is 1. The Morgan fingerprint density at radius 3 is 2.73 bits per heavy atom. The summed E-state index contributed by atoms with van der Waals surface area (Å²) in [5.41, 5.74) is 0.548. The third kappa shape index (κ3) is 3.16. The first kappa shape index (κ1) is 17.0. The smallest absolute Gasteiger partial charge is 0.275 e. The maximum Gasteiger partial charge on any atom is 0.275 e. The van der Waals surface area contributed by atoms with Gasteiger partial charge in [-0.05, 0) is 30.7 Å². The van der Waals surface area contributed by atoms with Crippen molar-refractivity contribution in [2.45, 2.75) is 25.3 Å². The summed E-state index contributed by atoms with van der Waals surface area (Å²) in [5.74, 6) is 0.704. The Hall–Kier alpha value is -2.48. The van der Waals surface area contributed by atoms with Crippen molar-refractivity contribution in [1.82, 2.24) is 19.9 Å². The quantitative estimate of drug-likeness (QED) is 0.822. The summed E-state index contributed by atoms with van der Waals surface area (Å²) in [6, 6.07) is 2.09. The molecule has 0 bridgehead atoms. The van der Waals surface area contributed by atoms with E-state index < -0.39 is 0 Å². The van der Waals surface area contributed by atoms with Gasteiger partial charge in [-0.2, -0.15) is 0 Å². The lowest BCUT2D eigenvalue weighted by Gasteiger charge is -2.39. The highest BCUT2D eigenvalue weighted by Gasteiger charge is 2.47. The van der Waals surface area contributed by atoms with Gasteiger partial charge in [0.2, 0.25) is 5.95 Å². The molecule has 0 aliphatic carbocycles. The van der Waals surface area contributed by atoms with E-state index in [2.05, 4.69) is 19.9 Å². The number of likely N-dealkylation sites (tertiary alicyclic amines) is 1. The second kappa shape index (κ2) is 7.03. The Balaban J connectivity index is 1.46. The summed E-state index contributed by atoms with van der Waals surface area (Å²) in [5, 5.41) is 0. The molecule has 2 saturated heterocycles. The summed E-state index contributed by atoms with van der Waals surface area (Å²) in [6.07, 6.45) is 9.20. The van der Waals surface area contributed by atoms with E-state index in [9.17, 15) is 4.79 Å². The molecule has 2 aromatic rings. The number of rotatable bonds is 4. The molecular weight excluding hydrogens is 334 g/mol. The van der Waals surface area contributed by atoms with E-state index >= 15 is 0 Å². The van der Waals surface area contributed by atoms with Crippen LogP contribution < -0.4 is 4.90 Å². The Kier molecular flexibility index (Phi) is 4.58. The van der Waals surface area contributed by atoms with E-state index in [4.69, 9.17) is 9.15 Å². The molecule has 2 aromatic heterocycles. The van der Waals surface area contributed by atoms with Gasteiger partial charge < -0.3 is 19.0 Å². The fourth-order valence-electron chi connectivity index (χ4n) is 4.21. The topological polar surface area (TPSA) is 84.6 Å². The van der Waals surface area contributed by atoms with Crippen molar-refractivity contribution in [3.63, 3.8) is 0 Å². The van der Waals surface area contributed by atoms with Crippen LogP contribution in [0.5, 0.6) is 0 Å². The number of anilines is 1. The molecule has 138 valence electrons. The highest BCUT2D eigenvalue weighted by atomic mass is 16.5. The van der Waals surface area contributed by atoms with E-state index in [0.29, 0.717) is 12.3 Å². The number of ether oxygens (including phenoxy) is 1. The lowest BCUT2D eigenvalue weighted by atomic mass is 9.76. The number of piperidine rings is 1. The number of nitrogens with zero attached hydrogens (tertiary/aromatic N) is 5. The largest absolute Gasteiger partial charge is 0.451 e. The maximum absolute atomic E-state index is 12.5. The molecule has 0 radical (unpaired) electrons. The van der Waals surface area contributed by atoms with Gasteiger partial charge in [-0.25, -0.2) is 15.0 Å². The minimum Gasteiger partial charge on any atom is -0.451 e. The third-order valence-electron chi connectivity index (χ3n) is 5.55. The number of oxazole rings is 1. The Morgan fingerprint density at radius 2 is 2.08 bits per heavy atom. The van der Waals surface area contributed by atoms with Crippen molar-refractivity contribution >= 4 is 11.9 Å². The predicted octanol–water partition coefficient (Wildman–Crippen LogP) is 1.61. The Morgan fingerprint density at radius 1 is 1.31 bits per heavy atom. The molecule has 26 heavy (non-hydrogen) atoms. The van der Waals surface area contributed by atoms with Gasteiger partial charge in [0.05, 0.1) is 12.6 Å². The van der Waals surface area contributed by atoms with E-state index in [-0.39, 0.29) is 17.4 Å². The molecule has 2 aliphatic heterocycles. The van der Waals surface area contributed by atoms with E-state index in [1.54, 1.807) is 19.5 Å². The third-order valence-corrected chi connectivity index (χ3v) is 5.55. The van der Waals surface area contributed by atoms with Crippen molar-refractivity contribution in [3.8, 4) is 0 Å². The molecule has 1 spiro atoms.